The lowest BCUT2D eigenvalue weighted by Crippen LogP contribution is -2.35. The third-order valence-electron chi connectivity index (χ3n) is 6.83. The van der Waals surface area contributed by atoms with Gasteiger partial charge in [0.05, 0.1) is 5.39 Å². The number of carbonyl (C=O) groups excluding carboxylic acids is 2. The van der Waals surface area contributed by atoms with Gasteiger partial charge in [-0.15, -0.1) is 0 Å². The molecule has 0 atom stereocenters. The minimum atomic E-state index is -0.0918. The van der Waals surface area contributed by atoms with E-state index in [0.717, 1.165) is 55.1 Å². The van der Waals surface area contributed by atoms with E-state index in [0.29, 0.717) is 25.2 Å². The second kappa shape index (κ2) is 11.9. The molecule has 2 aromatic heterocycles. The summed E-state index contributed by atoms with van der Waals surface area (Å²) in [4.78, 5) is 43.5. The predicted octanol–water partition coefficient (Wildman–Crippen LogP) is 3.58. The fraction of sp³-hybridized carbons (Fsp3) is 0.310. The van der Waals surface area contributed by atoms with Crippen LogP contribution in [0.1, 0.15) is 29.3 Å². The molecule has 0 unspecified atom stereocenters. The van der Waals surface area contributed by atoms with Gasteiger partial charge in [0, 0.05) is 70.2 Å². The first-order chi connectivity index (χ1) is 18.6. The van der Waals surface area contributed by atoms with Gasteiger partial charge in [0.15, 0.2) is 0 Å². The van der Waals surface area contributed by atoms with Crippen LogP contribution in [-0.4, -0.2) is 75.8 Å². The van der Waals surface area contributed by atoms with Gasteiger partial charge in [0.1, 0.15) is 17.8 Å². The molecule has 38 heavy (non-hydrogen) atoms. The second-order valence-electron chi connectivity index (χ2n) is 9.53. The highest BCUT2D eigenvalue weighted by molar-refractivity contribution is 5.96. The van der Waals surface area contributed by atoms with Crippen molar-refractivity contribution in [1.29, 1.82) is 0 Å². The number of anilines is 2. The van der Waals surface area contributed by atoms with Crippen LogP contribution in [0.5, 0.6) is 0 Å². The van der Waals surface area contributed by atoms with Crippen LogP contribution in [0.2, 0.25) is 0 Å². The van der Waals surface area contributed by atoms with Gasteiger partial charge < -0.3 is 20.1 Å². The van der Waals surface area contributed by atoms with E-state index in [4.69, 9.17) is 0 Å². The number of aromatic nitrogens is 3. The number of aromatic amines is 1. The number of benzene rings is 2. The van der Waals surface area contributed by atoms with Crippen LogP contribution < -0.4 is 10.2 Å². The summed E-state index contributed by atoms with van der Waals surface area (Å²) in [6.07, 6.45) is 4.29. The Morgan fingerprint density at radius 3 is 2.71 bits per heavy atom. The number of rotatable bonds is 8. The summed E-state index contributed by atoms with van der Waals surface area (Å²) in [5.41, 5.74) is 3.50. The van der Waals surface area contributed by atoms with E-state index in [-0.39, 0.29) is 11.8 Å². The zero-order chi connectivity index (χ0) is 26.3. The minimum absolute atomic E-state index is 0.0321. The van der Waals surface area contributed by atoms with Gasteiger partial charge in [-0.1, -0.05) is 36.4 Å². The number of H-pyrrole nitrogens is 1. The van der Waals surface area contributed by atoms with Gasteiger partial charge in [-0.2, -0.15) is 0 Å². The highest BCUT2D eigenvalue weighted by Crippen LogP contribution is 2.29. The molecule has 9 nitrogen and oxygen atoms in total. The Balaban J connectivity index is 1.34. The highest BCUT2D eigenvalue weighted by atomic mass is 16.2. The largest absolute Gasteiger partial charge is 0.355 e. The molecule has 3 heterocycles. The number of amides is 2. The average Bonchev–Trinajstić information content (AvgIpc) is 3.31. The van der Waals surface area contributed by atoms with Gasteiger partial charge in [-0.05, 0) is 36.2 Å². The number of nitrogens with one attached hydrogen (secondary N) is 2. The monoisotopic (exact) mass is 511 g/mol. The van der Waals surface area contributed by atoms with Gasteiger partial charge in [-0.3, -0.25) is 14.5 Å². The zero-order valence-corrected chi connectivity index (χ0v) is 21.6. The molecule has 1 fully saturated rings. The van der Waals surface area contributed by atoms with Crippen molar-refractivity contribution < 1.29 is 9.59 Å². The lowest BCUT2D eigenvalue weighted by molar-refractivity contribution is -0.118. The topological polar surface area (TPSA) is 97.5 Å². The summed E-state index contributed by atoms with van der Waals surface area (Å²) in [7, 11) is 0. The van der Waals surface area contributed by atoms with Crippen molar-refractivity contribution in [3.05, 3.63) is 84.3 Å². The number of fused-ring (bicyclic) bond motifs is 1. The Morgan fingerprint density at radius 1 is 1.00 bits per heavy atom. The molecule has 0 spiro atoms. The summed E-state index contributed by atoms with van der Waals surface area (Å²) >= 11 is 0. The molecule has 5 rings (SSSR count). The third kappa shape index (κ3) is 6.00. The number of hydrogen-bond donors (Lipinski definition) is 2. The number of carbonyl (C=O) groups is 2. The molecule has 2 amide bonds. The molecule has 2 aromatic carbocycles. The molecule has 0 saturated carbocycles. The molecule has 1 saturated heterocycles. The Hall–Kier alpha value is -4.24. The summed E-state index contributed by atoms with van der Waals surface area (Å²) in [6, 6.07) is 20.1. The standard InChI is InChI=1S/C29H33N7O2/c1-22(37)30-13-16-36(28-26-11-12-31-27(26)32-21-33-28)25-10-5-9-24(19-25)29(38)35-15-6-14-34(17-18-35)20-23-7-3-2-4-8-23/h2-5,7-12,19,21H,6,13-18,20H2,1H3,(H,30,37)(H,31,32,33). The molecular formula is C29H33N7O2. The number of hydrogen-bond acceptors (Lipinski definition) is 6. The molecule has 0 aliphatic carbocycles. The van der Waals surface area contributed by atoms with Crippen LogP contribution in [0.15, 0.2) is 73.2 Å². The third-order valence-corrected chi connectivity index (χ3v) is 6.83. The summed E-state index contributed by atoms with van der Waals surface area (Å²) in [5.74, 6) is 0.660. The van der Waals surface area contributed by atoms with E-state index in [2.05, 4.69) is 49.4 Å². The van der Waals surface area contributed by atoms with E-state index < -0.39 is 0 Å². The molecule has 196 valence electrons. The average molecular weight is 512 g/mol. The predicted molar refractivity (Wildman–Crippen MR) is 148 cm³/mol. The Bertz CT molecular complexity index is 1390. The maximum absolute atomic E-state index is 13.6. The zero-order valence-electron chi connectivity index (χ0n) is 21.6. The van der Waals surface area contributed by atoms with E-state index in [1.165, 1.54) is 18.8 Å². The van der Waals surface area contributed by atoms with Crippen LogP contribution in [-0.2, 0) is 11.3 Å². The van der Waals surface area contributed by atoms with Gasteiger partial charge >= 0.3 is 0 Å². The van der Waals surface area contributed by atoms with E-state index in [1.807, 2.05) is 52.4 Å². The molecule has 0 radical (unpaired) electrons. The second-order valence-corrected chi connectivity index (χ2v) is 9.53. The van der Waals surface area contributed by atoms with E-state index >= 15 is 0 Å². The summed E-state index contributed by atoms with van der Waals surface area (Å²) in [5, 5.41) is 3.74. The van der Waals surface area contributed by atoms with E-state index in [9.17, 15) is 9.59 Å². The number of nitrogens with zero attached hydrogens (tertiary/aromatic N) is 5. The Kier molecular flexibility index (Phi) is 7.94. The molecular weight excluding hydrogens is 478 g/mol. The van der Waals surface area contributed by atoms with Crippen LogP contribution in [0.25, 0.3) is 11.0 Å². The first-order valence-electron chi connectivity index (χ1n) is 13.0. The van der Waals surface area contributed by atoms with Crippen molar-refractivity contribution in [2.75, 3.05) is 44.2 Å². The maximum atomic E-state index is 13.6. The Labute approximate surface area is 222 Å². The Morgan fingerprint density at radius 2 is 1.87 bits per heavy atom. The highest BCUT2D eigenvalue weighted by Gasteiger charge is 2.22. The first-order valence-corrected chi connectivity index (χ1v) is 13.0. The normalized spacial score (nSPS) is 14.3. The van der Waals surface area contributed by atoms with Gasteiger partial charge in [-0.25, -0.2) is 9.97 Å². The van der Waals surface area contributed by atoms with Crippen molar-refractivity contribution in [1.82, 2.24) is 30.1 Å². The SMILES string of the molecule is CC(=O)NCCN(c1cccc(C(=O)N2CCCN(Cc3ccccc3)CC2)c1)c1ncnc2[nH]ccc12. The van der Waals surface area contributed by atoms with Crippen molar-refractivity contribution in [2.45, 2.75) is 19.9 Å². The maximum Gasteiger partial charge on any atom is 0.253 e. The summed E-state index contributed by atoms with van der Waals surface area (Å²) < 4.78 is 0. The van der Waals surface area contributed by atoms with Crippen LogP contribution in [0.3, 0.4) is 0 Å². The van der Waals surface area contributed by atoms with Gasteiger partial charge in [0.2, 0.25) is 5.91 Å². The lowest BCUT2D eigenvalue weighted by atomic mass is 10.1. The molecule has 2 N–H and O–H groups in total. The van der Waals surface area contributed by atoms with Crippen molar-refractivity contribution in [2.24, 2.45) is 0 Å². The first kappa shape index (κ1) is 25.4. The molecule has 4 aromatic rings. The molecule has 1 aliphatic rings. The van der Waals surface area contributed by atoms with Crippen LogP contribution in [0.4, 0.5) is 11.5 Å². The minimum Gasteiger partial charge on any atom is -0.355 e. The van der Waals surface area contributed by atoms with Gasteiger partial charge in [0.25, 0.3) is 5.91 Å². The van der Waals surface area contributed by atoms with Crippen LogP contribution in [0, 0.1) is 0 Å². The summed E-state index contributed by atoms with van der Waals surface area (Å²) in [6.45, 7) is 6.56. The van der Waals surface area contributed by atoms with Crippen molar-refractivity contribution in [3.63, 3.8) is 0 Å². The van der Waals surface area contributed by atoms with Crippen molar-refractivity contribution >= 4 is 34.4 Å². The molecule has 1 aliphatic heterocycles. The smallest absolute Gasteiger partial charge is 0.253 e. The lowest BCUT2D eigenvalue weighted by Gasteiger charge is -2.26. The molecule has 0 bridgehead atoms. The fourth-order valence-electron chi connectivity index (χ4n) is 4.94. The molecule has 9 heteroatoms. The van der Waals surface area contributed by atoms with E-state index in [1.54, 1.807) is 0 Å². The quantitative estimate of drug-likeness (QED) is 0.375. The fourth-order valence-corrected chi connectivity index (χ4v) is 4.94. The van der Waals surface area contributed by atoms with Crippen molar-refractivity contribution in [3.8, 4) is 0 Å². The van der Waals surface area contributed by atoms with Crippen LogP contribution >= 0.6 is 0 Å².